The predicted molar refractivity (Wildman–Crippen MR) is 124 cm³/mol. The van der Waals surface area contributed by atoms with Gasteiger partial charge in [-0.05, 0) is 54.0 Å². The number of nitrogens with zero attached hydrogens (tertiary/aromatic N) is 1. The van der Waals surface area contributed by atoms with Gasteiger partial charge in [-0.3, -0.25) is 9.69 Å². The zero-order chi connectivity index (χ0) is 21.8. The maximum atomic E-state index is 12.7. The van der Waals surface area contributed by atoms with E-state index < -0.39 is 0 Å². The van der Waals surface area contributed by atoms with E-state index in [-0.39, 0.29) is 12.5 Å². The van der Waals surface area contributed by atoms with Crippen LogP contribution in [-0.2, 0) is 11.4 Å². The lowest BCUT2D eigenvalue weighted by molar-refractivity contribution is -0.122. The van der Waals surface area contributed by atoms with Crippen LogP contribution >= 0.6 is 35.4 Å². The van der Waals surface area contributed by atoms with Gasteiger partial charge in [0.2, 0.25) is 0 Å². The quantitative estimate of drug-likeness (QED) is 0.445. The molecular weight excluding hydrogens is 443 g/mol. The van der Waals surface area contributed by atoms with Crippen molar-refractivity contribution < 1.29 is 14.3 Å². The number of nitrogens with one attached hydrogen (secondary N) is 1. The lowest BCUT2D eigenvalue weighted by atomic mass is 10.1. The molecule has 0 spiro atoms. The van der Waals surface area contributed by atoms with Crippen molar-refractivity contribution in [2.45, 2.75) is 20.5 Å². The van der Waals surface area contributed by atoms with E-state index >= 15 is 0 Å². The number of rotatable bonds is 7. The van der Waals surface area contributed by atoms with Gasteiger partial charge in [-0.25, -0.2) is 0 Å². The van der Waals surface area contributed by atoms with Gasteiger partial charge in [0.25, 0.3) is 5.91 Å². The standard InChI is InChI=1S/C22H22Cl2N2O3S/c1-13(2)11-26-21(27)18(25-22(26)30)10-14-7-8-19(28-3)15(9-14)12-29-20-16(23)5-4-6-17(20)24/h4-10,13H,11-12H2,1-3H3,(H,25,30)/b18-10+. The molecule has 1 saturated heterocycles. The number of thiocarbonyl (C=S) groups is 1. The van der Waals surface area contributed by atoms with E-state index in [1.165, 1.54) is 0 Å². The van der Waals surface area contributed by atoms with Gasteiger partial charge >= 0.3 is 0 Å². The van der Waals surface area contributed by atoms with Gasteiger partial charge < -0.3 is 14.8 Å². The second-order valence-corrected chi connectivity index (χ2v) is 8.41. The molecule has 0 atom stereocenters. The first-order valence-corrected chi connectivity index (χ1v) is 10.5. The molecule has 3 rings (SSSR count). The van der Waals surface area contributed by atoms with E-state index in [4.69, 9.17) is 44.9 Å². The van der Waals surface area contributed by atoms with Gasteiger partial charge in [0.15, 0.2) is 10.9 Å². The molecule has 0 saturated carbocycles. The fourth-order valence-corrected chi connectivity index (χ4v) is 3.81. The van der Waals surface area contributed by atoms with E-state index in [9.17, 15) is 4.79 Å². The molecule has 1 aliphatic heterocycles. The number of halogens is 2. The van der Waals surface area contributed by atoms with Crippen LogP contribution in [0, 0.1) is 5.92 Å². The Kier molecular flexibility index (Phi) is 7.23. The first-order valence-electron chi connectivity index (χ1n) is 9.38. The van der Waals surface area contributed by atoms with Crippen molar-refractivity contribution in [2.24, 2.45) is 5.92 Å². The number of para-hydroxylation sites is 1. The van der Waals surface area contributed by atoms with Crippen molar-refractivity contribution >= 4 is 52.5 Å². The summed E-state index contributed by atoms with van der Waals surface area (Å²) in [6, 6.07) is 10.8. The van der Waals surface area contributed by atoms with E-state index in [0.717, 1.165) is 11.1 Å². The largest absolute Gasteiger partial charge is 0.496 e. The summed E-state index contributed by atoms with van der Waals surface area (Å²) in [5.74, 6) is 1.25. The highest BCUT2D eigenvalue weighted by molar-refractivity contribution is 7.80. The molecule has 0 bridgehead atoms. The summed E-state index contributed by atoms with van der Waals surface area (Å²) in [4.78, 5) is 14.3. The summed E-state index contributed by atoms with van der Waals surface area (Å²) in [5.41, 5.74) is 2.03. The third-order valence-electron chi connectivity index (χ3n) is 4.42. The Labute approximate surface area is 191 Å². The molecule has 2 aromatic carbocycles. The van der Waals surface area contributed by atoms with Gasteiger partial charge in [0, 0.05) is 12.1 Å². The van der Waals surface area contributed by atoms with Crippen molar-refractivity contribution in [3.63, 3.8) is 0 Å². The monoisotopic (exact) mass is 464 g/mol. The smallest absolute Gasteiger partial charge is 0.276 e. The van der Waals surface area contributed by atoms with Crippen LogP contribution in [0.25, 0.3) is 6.08 Å². The molecule has 0 aromatic heterocycles. The number of amides is 1. The van der Waals surface area contributed by atoms with Gasteiger partial charge in [0.1, 0.15) is 18.1 Å². The van der Waals surface area contributed by atoms with Crippen LogP contribution in [0.4, 0.5) is 0 Å². The van der Waals surface area contributed by atoms with Gasteiger partial charge in [-0.15, -0.1) is 0 Å². The van der Waals surface area contributed by atoms with Crippen LogP contribution in [0.15, 0.2) is 42.1 Å². The summed E-state index contributed by atoms with van der Waals surface area (Å²) in [6.45, 7) is 4.85. The van der Waals surface area contributed by atoms with Crippen LogP contribution < -0.4 is 14.8 Å². The zero-order valence-electron chi connectivity index (χ0n) is 16.9. The molecule has 1 aliphatic rings. The van der Waals surface area contributed by atoms with E-state index in [1.807, 2.05) is 32.0 Å². The van der Waals surface area contributed by atoms with Crippen LogP contribution in [0.1, 0.15) is 25.0 Å². The third kappa shape index (κ3) is 5.06. The van der Waals surface area contributed by atoms with Crippen molar-refractivity contribution in [1.29, 1.82) is 0 Å². The molecule has 1 heterocycles. The Hall–Kier alpha value is -2.28. The molecule has 8 heteroatoms. The molecule has 158 valence electrons. The van der Waals surface area contributed by atoms with Crippen molar-refractivity contribution in [3.8, 4) is 11.5 Å². The maximum absolute atomic E-state index is 12.7. The van der Waals surface area contributed by atoms with E-state index in [1.54, 1.807) is 36.3 Å². The molecule has 1 N–H and O–H groups in total. The lowest BCUT2D eigenvalue weighted by Gasteiger charge is -2.16. The minimum Gasteiger partial charge on any atom is -0.496 e. The van der Waals surface area contributed by atoms with Crippen LogP contribution in [0.2, 0.25) is 10.0 Å². The number of benzene rings is 2. The zero-order valence-corrected chi connectivity index (χ0v) is 19.2. The Balaban J connectivity index is 1.83. The Morgan fingerprint density at radius 1 is 1.20 bits per heavy atom. The summed E-state index contributed by atoms with van der Waals surface area (Å²) in [7, 11) is 1.59. The number of methoxy groups -OCH3 is 1. The fourth-order valence-electron chi connectivity index (χ4n) is 3.04. The van der Waals surface area contributed by atoms with E-state index in [0.29, 0.717) is 44.8 Å². The molecule has 2 aromatic rings. The first kappa shape index (κ1) is 22.4. The number of carbonyl (C=O) groups is 1. The molecule has 5 nitrogen and oxygen atoms in total. The van der Waals surface area contributed by atoms with Crippen molar-refractivity contribution in [2.75, 3.05) is 13.7 Å². The summed E-state index contributed by atoms with van der Waals surface area (Å²) in [5, 5.41) is 4.28. The average Bonchev–Trinajstić information content (AvgIpc) is 2.95. The highest BCUT2D eigenvalue weighted by Crippen LogP contribution is 2.34. The van der Waals surface area contributed by atoms with Gasteiger partial charge in [-0.2, -0.15) is 0 Å². The van der Waals surface area contributed by atoms with Crippen LogP contribution in [0.5, 0.6) is 11.5 Å². The Morgan fingerprint density at radius 3 is 2.53 bits per heavy atom. The van der Waals surface area contributed by atoms with Crippen molar-refractivity contribution in [1.82, 2.24) is 10.2 Å². The highest BCUT2D eigenvalue weighted by Gasteiger charge is 2.30. The topological polar surface area (TPSA) is 50.8 Å². The minimum absolute atomic E-state index is 0.134. The molecule has 1 amide bonds. The summed E-state index contributed by atoms with van der Waals surface area (Å²) in [6.07, 6.45) is 1.76. The Morgan fingerprint density at radius 2 is 1.90 bits per heavy atom. The summed E-state index contributed by atoms with van der Waals surface area (Å²) < 4.78 is 11.3. The maximum Gasteiger partial charge on any atom is 0.276 e. The van der Waals surface area contributed by atoms with Crippen LogP contribution in [-0.4, -0.2) is 29.6 Å². The van der Waals surface area contributed by atoms with Crippen molar-refractivity contribution in [3.05, 3.63) is 63.3 Å². The lowest BCUT2D eigenvalue weighted by Crippen LogP contribution is -2.33. The summed E-state index contributed by atoms with van der Waals surface area (Å²) >= 11 is 17.7. The second kappa shape index (κ2) is 9.69. The predicted octanol–water partition coefficient (Wildman–Crippen LogP) is 5.29. The molecular formula is C22H22Cl2N2O3S. The molecule has 1 fully saturated rings. The first-order chi connectivity index (χ1) is 14.3. The van der Waals surface area contributed by atoms with Crippen LogP contribution in [0.3, 0.4) is 0 Å². The normalized spacial score (nSPS) is 15.1. The molecule has 30 heavy (non-hydrogen) atoms. The SMILES string of the molecule is COc1ccc(/C=C2/NC(=S)N(CC(C)C)C2=O)cc1COc1c(Cl)cccc1Cl. The molecule has 0 aliphatic carbocycles. The Bertz CT molecular complexity index is 988. The highest BCUT2D eigenvalue weighted by atomic mass is 35.5. The van der Waals surface area contributed by atoms with Gasteiger partial charge in [-0.1, -0.05) is 49.2 Å². The number of carbonyl (C=O) groups excluding carboxylic acids is 1. The molecule has 0 unspecified atom stereocenters. The minimum atomic E-state index is -0.134. The number of hydrogen-bond donors (Lipinski definition) is 1. The number of hydrogen-bond acceptors (Lipinski definition) is 4. The second-order valence-electron chi connectivity index (χ2n) is 7.21. The average molecular weight is 465 g/mol. The fraction of sp³-hybridized carbons (Fsp3) is 0.273. The molecule has 0 radical (unpaired) electrons. The van der Waals surface area contributed by atoms with Gasteiger partial charge in [0.05, 0.1) is 17.2 Å². The number of ether oxygens (including phenoxy) is 2. The van der Waals surface area contributed by atoms with E-state index in [2.05, 4.69) is 5.32 Å². The third-order valence-corrected chi connectivity index (χ3v) is 5.33.